The summed E-state index contributed by atoms with van der Waals surface area (Å²) in [5.74, 6) is 0.0601. The Labute approximate surface area is 95.6 Å². The van der Waals surface area contributed by atoms with Crippen molar-refractivity contribution in [3.8, 4) is 0 Å². The molecule has 16 heavy (non-hydrogen) atoms. The van der Waals surface area contributed by atoms with E-state index in [-0.39, 0.29) is 17.8 Å². The van der Waals surface area contributed by atoms with E-state index in [9.17, 15) is 4.79 Å². The van der Waals surface area contributed by atoms with Gasteiger partial charge in [-0.3, -0.25) is 5.41 Å². The molecule has 0 aromatic heterocycles. The molecule has 0 spiro atoms. The maximum absolute atomic E-state index is 11.6. The molecule has 0 amide bonds. The molecule has 0 unspecified atom stereocenters. The number of ether oxygens (including phenoxy) is 3. The summed E-state index contributed by atoms with van der Waals surface area (Å²) in [6.45, 7) is 0. The molecule has 92 valence electrons. The fourth-order valence-corrected chi connectivity index (χ4v) is 2.19. The highest BCUT2D eigenvalue weighted by atomic mass is 16.6. The number of rotatable bonds is 3. The van der Waals surface area contributed by atoms with Crippen molar-refractivity contribution in [3.63, 3.8) is 0 Å². The zero-order valence-corrected chi connectivity index (χ0v) is 10.0. The molecule has 0 atom stereocenters. The zero-order chi connectivity index (χ0) is 12.2. The SMILES string of the molecule is COC(=N)C1CCC(OC)(C(=O)OC)CC1. The summed E-state index contributed by atoms with van der Waals surface area (Å²) in [6, 6.07) is 0. The normalized spacial score (nSPS) is 29.6. The highest BCUT2D eigenvalue weighted by Gasteiger charge is 2.44. The van der Waals surface area contributed by atoms with Crippen LogP contribution in [0, 0.1) is 11.3 Å². The Hall–Kier alpha value is -1.10. The molecule has 5 heteroatoms. The molecule has 1 aliphatic rings. The second-order valence-electron chi connectivity index (χ2n) is 4.03. The van der Waals surface area contributed by atoms with Gasteiger partial charge in [0.25, 0.3) is 0 Å². The standard InChI is InChI=1S/C11H19NO4/c1-14-9(12)8-4-6-11(16-3,7-5-8)10(13)15-2/h8,12H,4-7H2,1-3H3. The summed E-state index contributed by atoms with van der Waals surface area (Å²) in [4.78, 5) is 11.6. The van der Waals surface area contributed by atoms with Crippen molar-refractivity contribution in [2.75, 3.05) is 21.3 Å². The maximum Gasteiger partial charge on any atom is 0.338 e. The molecule has 0 aromatic carbocycles. The Morgan fingerprint density at radius 1 is 1.19 bits per heavy atom. The van der Waals surface area contributed by atoms with Crippen molar-refractivity contribution in [2.24, 2.45) is 5.92 Å². The molecule has 0 radical (unpaired) electrons. The van der Waals surface area contributed by atoms with Crippen LogP contribution in [0.15, 0.2) is 0 Å². The third-order valence-electron chi connectivity index (χ3n) is 3.33. The Balaban J connectivity index is 2.64. The Morgan fingerprint density at radius 3 is 2.12 bits per heavy atom. The largest absolute Gasteiger partial charge is 0.484 e. The van der Waals surface area contributed by atoms with Crippen LogP contribution in [0.1, 0.15) is 25.7 Å². The van der Waals surface area contributed by atoms with Gasteiger partial charge in [-0.25, -0.2) is 4.79 Å². The van der Waals surface area contributed by atoms with Crippen LogP contribution in [-0.4, -0.2) is 38.8 Å². The van der Waals surface area contributed by atoms with Crippen molar-refractivity contribution >= 4 is 11.9 Å². The second-order valence-corrected chi connectivity index (χ2v) is 4.03. The van der Waals surface area contributed by atoms with Crippen molar-refractivity contribution in [1.29, 1.82) is 5.41 Å². The van der Waals surface area contributed by atoms with Crippen molar-refractivity contribution in [3.05, 3.63) is 0 Å². The third kappa shape index (κ3) is 2.35. The first kappa shape index (κ1) is 13.0. The Kier molecular flexibility index (Phi) is 4.29. The number of methoxy groups -OCH3 is 3. The fraction of sp³-hybridized carbons (Fsp3) is 0.818. The number of carbonyl (C=O) groups excluding carboxylic acids is 1. The van der Waals surface area contributed by atoms with Gasteiger partial charge in [-0.1, -0.05) is 0 Å². The van der Waals surface area contributed by atoms with E-state index in [2.05, 4.69) is 0 Å². The minimum absolute atomic E-state index is 0.0953. The number of hydrogen-bond acceptors (Lipinski definition) is 5. The number of esters is 1. The Morgan fingerprint density at radius 2 is 1.75 bits per heavy atom. The molecule has 1 N–H and O–H groups in total. The van der Waals surface area contributed by atoms with E-state index in [1.54, 1.807) is 0 Å². The molecule has 0 aromatic rings. The summed E-state index contributed by atoms with van der Waals surface area (Å²) < 4.78 is 15.0. The third-order valence-corrected chi connectivity index (χ3v) is 3.33. The van der Waals surface area contributed by atoms with Crippen molar-refractivity contribution in [1.82, 2.24) is 0 Å². The van der Waals surface area contributed by atoms with E-state index < -0.39 is 5.60 Å². The molecule has 5 nitrogen and oxygen atoms in total. The quantitative estimate of drug-likeness (QED) is 0.450. The highest BCUT2D eigenvalue weighted by Crippen LogP contribution is 2.35. The van der Waals surface area contributed by atoms with E-state index in [0.717, 1.165) is 12.8 Å². The second kappa shape index (κ2) is 5.30. The van der Waals surface area contributed by atoms with Gasteiger partial charge in [0.05, 0.1) is 14.2 Å². The topological polar surface area (TPSA) is 68.6 Å². The van der Waals surface area contributed by atoms with Crippen molar-refractivity contribution in [2.45, 2.75) is 31.3 Å². The average molecular weight is 229 g/mol. The lowest BCUT2D eigenvalue weighted by Gasteiger charge is -2.36. The van der Waals surface area contributed by atoms with Crippen LogP contribution in [0.3, 0.4) is 0 Å². The summed E-state index contributed by atoms with van der Waals surface area (Å²) >= 11 is 0. The van der Waals surface area contributed by atoms with Crippen molar-refractivity contribution < 1.29 is 19.0 Å². The first-order valence-corrected chi connectivity index (χ1v) is 5.35. The van der Waals surface area contributed by atoms with Gasteiger partial charge < -0.3 is 14.2 Å². The van der Waals surface area contributed by atoms with Gasteiger partial charge in [0, 0.05) is 13.0 Å². The first-order valence-electron chi connectivity index (χ1n) is 5.35. The van der Waals surface area contributed by atoms with Gasteiger partial charge in [0.2, 0.25) is 0 Å². The predicted molar refractivity (Wildman–Crippen MR) is 58.4 cm³/mol. The maximum atomic E-state index is 11.6. The van der Waals surface area contributed by atoms with Crippen LogP contribution >= 0.6 is 0 Å². The van der Waals surface area contributed by atoms with Gasteiger partial charge in [-0.05, 0) is 25.7 Å². The van der Waals surface area contributed by atoms with Crippen LogP contribution in [0.2, 0.25) is 0 Å². The number of carbonyl (C=O) groups is 1. The van der Waals surface area contributed by atoms with Gasteiger partial charge in [-0.15, -0.1) is 0 Å². The van der Waals surface area contributed by atoms with Gasteiger partial charge >= 0.3 is 5.97 Å². The smallest absolute Gasteiger partial charge is 0.338 e. The van der Waals surface area contributed by atoms with E-state index in [1.807, 2.05) is 0 Å². The number of nitrogens with one attached hydrogen (secondary N) is 1. The first-order chi connectivity index (χ1) is 7.59. The molecule has 0 aliphatic heterocycles. The van der Waals surface area contributed by atoms with E-state index in [0.29, 0.717) is 12.8 Å². The van der Waals surface area contributed by atoms with Crippen LogP contribution in [0.4, 0.5) is 0 Å². The summed E-state index contributed by atoms with van der Waals surface area (Å²) in [5.41, 5.74) is -0.820. The molecule has 0 saturated heterocycles. The molecule has 1 aliphatic carbocycles. The molecule has 1 saturated carbocycles. The summed E-state index contributed by atoms with van der Waals surface area (Å²) in [6.07, 6.45) is 2.59. The lowest BCUT2D eigenvalue weighted by molar-refractivity contribution is -0.170. The molecule has 1 fully saturated rings. The van der Waals surface area contributed by atoms with Crippen LogP contribution in [-0.2, 0) is 19.0 Å². The van der Waals surface area contributed by atoms with Crippen LogP contribution < -0.4 is 0 Å². The fourth-order valence-electron chi connectivity index (χ4n) is 2.19. The Bertz CT molecular complexity index is 269. The van der Waals surface area contributed by atoms with E-state index in [1.165, 1.54) is 21.3 Å². The molecular weight excluding hydrogens is 210 g/mol. The van der Waals surface area contributed by atoms with Crippen LogP contribution in [0.5, 0.6) is 0 Å². The lowest BCUT2D eigenvalue weighted by Crippen LogP contribution is -2.45. The lowest BCUT2D eigenvalue weighted by atomic mass is 9.78. The van der Waals surface area contributed by atoms with Crippen LogP contribution in [0.25, 0.3) is 0 Å². The highest BCUT2D eigenvalue weighted by molar-refractivity contribution is 5.81. The van der Waals surface area contributed by atoms with E-state index in [4.69, 9.17) is 19.6 Å². The summed E-state index contributed by atoms with van der Waals surface area (Å²) in [5, 5.41) is 7.59. The molecular formula is C11H19NO4. The number of hydrogen-bond donors (Lipinski definition) is 1. The zero-order valence-electron chi connectivity index (χ0n) is 10.0. The van der Waals surface area contributed by atoms with Gasteiger partial charge in [0.1, 0.15) is 0 Å². The summed E-state index contributed by atoms with van der Waals surface area (Å²) in [7, 11) is 4.39. The monoisotopic (exact) mass is 229 g/mol. The van der Waals surface area contributed by atoms with E-state index >= 15 is 0 Å². The minimum Gasteiger partial charge on any atom is -0.484 e. The molecule has 0 bridgehead atoms. The molecule has 1 rings (SSSR count). The average Bonchev–Trinajstić information content (AvgIpc) is 2.36. The van der Waals surface area contributed by atoms with Gasteiger partial charge in [0.15, 0.2) is 11.5 Å². The predicted octanol–water partition coefficient (Wildman–Crippen LogP) is 1.36. The minimum atomic E-state index is -0.820. The van der Waals surface area contributed by atoms with Gasteiger partial charge in [-0.2, -0.15) is 0 Å². The molecule has 0 heterocycles.